The minimum absolute atomic E-state index is 0.122. The van der Waals surface area contributed by atoms with Crippen LogP contribution in [0, 0.1) is 13.8 Å². The van der Waals surface area contributed by atoms with Gasteiger partial charge in [0.2, 0.25) is 5.91 Å². The van der Waals surface area contributed by atoms with Gasteiger partial charge in [0.05, 0.1) is 5.69 Å². The van der Waals surface area contributed by atoms with Gasteiger partial charge in [-0.2, -0.15) is 12.7 Å². The van der Waals surface area contributed by atoms with Gasteiger partial charge < -0.3 is 5.32 Å². The maximum absolute atomic E-state index is 12.9. The van der Waals surface area contributed by atoms with Crippen molar-refractivity contribution in [3.8, 4) is 0 Å². The van der Waals surface area contributed by atoms with E-state index in [1.54, 1.807) is 37.3 Å². The van der Waals surface area contributed by atoms with Crippen LogP contribution in [0.2, 0.25) is 0 Å². The predicted molar refractivity (Wildman–Crippen MR) is 111 cm³/mol. The van der Waals surface area contributed by atoms with E-state index in [-0.39, 0.29) is 5.78 Å². The number of benzene rings is 2. The number of nitrogens with zero attached hydrogens (tertiary/aromatic N) is 2. The lowest BCUT2D eigenvalue weighted by Crippen LogP contribution is -2.44. The molecular formula is C20H25N3O4S. The normalized spacial score (nSPS) is 11.4. The molecule has 0 unspecified atom stereocenters. The maximum atomic E-state index is 12.9. The summed E-state index contributed by atoms with van der Waals surface area (Å²) in [7, 11) is -1.05. The molecule has 28 heavy (non-hydrogen) atoms. The van der Waals surface area contributed by atoms with Crippen LogP contribution in [-0.4, -0.2) is 45.1 Å². The number of ketones is 1. The molecule has 0 aromatic heterocycles. The molecule has 0 radical (unpaired) electrons. The molecule has 2 rings (SSSR count). The summed E-state index contributed by atoms with van der Waals surface area (Å²) in [6.07, 6.45) is 0. The second kappa shape index (κ2) is 8.53. The van der Waals surface area contributed by atoms with Crippen molar-refractivity contribution in [2.45, 2.75) is 20.8 Å². The van der Waals surface area contributed by atoms with Gasteiger partial charge in [-0.3, -0.25) is 9.59 Å². The molecule has 0 fully saturated rings. The summed E-state index contributed by atoms with van der Waals surface area (Å²) in [6, 6.07) is 11.9. The molecule has 2 aromatic carbocycles. The Morgan fingerprint density at radius 2 is 1.71 bits per heavy atom. The number of rotatable bonds is 7. The number of carbonyl (C=O) groups is 2. The van der Waals surface area contributed by atoms with Crippen molar-refractivity contribution in [1.29, 1.82) is 0 Å². The van der Waals surface area contributed by atoms with E-state index in [4.69, 9.17) is 0 Å². The molecule has 2 aromatic rings. The van der Waals surface area contributed by atoms with Gasteiger partial charge in [0.1, 0.15) is 6.54 Å². The number of amides is 1. The average Bonchev–Trinajstić information content (AvgIpc) is 2.61. The van der Waals surface area contributed by atoms with Crippen molar-refractivity contribution in [3.05, 3.63) is 59.2 Å². The Labute approximate surface area is 166 Å². The van der Waals surface area contributed by atoms with E-state index in [0.29, 0.717) is 16.9 Å². The molecule has 7 nitrogen and oxygen atoms in total. The smallest absolute Gasteiger partial charge is 0.304 e. The quantitative estimate of drug-likeness (QED) is 0.720. The minimum atomic E-state index is -3.89. The highest BCUT2D eigenvalue weighted by molar-refractivity contribution is 7.90. The third-order valence-electron chi connectivity index (χ3n) is 4.21. The average molecular weight is 404 g/mol. The fourth-order valence-electron chi connectivity index (χ4n) is 2.62. The van der Waals surface area contributed by atoms with Crippen LogP contribution in [0.15, 0.2) is 42.5 Å². The topological polar surface area (TPSA) is 86.8 Å². The van der Waals surface area contributed by atoms with Gasteiger partial charge in [-0.15, -0.1) is 0 Å². The first-order valence-corrected chi connectivity index (χ1v) is 10.1. The number of aryl methyl sites for hydroxylation is 2. The van der Waals surface area contributed by atoms with Crippen molar-refractivity contribution in [1.82, 2.24) is 4.31 Å². The molecule has 0 atom stereocenters. The predicted octanol–water partition coefficient (Wildman–Crippen LogP) is 2.76. The van der Waals surface area contributed by atoms with Gasteiger partial charge in [0.15, 0.2) is 5.78 Å². The zero-order valence-electron chi connectivity index (χ0n) is 16.7. The summed E-state index contributed by atoms with van der Waals surface area (Å²) in [5.74, 6) is -0.629. The summed E-state index contributed by atoms with van der Waals surface area (Å²) in [5, 5.41) is 2.67. The SMILES string of the molecule is CC(=O)c1cccc(NC(=O)CN(c2cc(C)ccc2C)S(=O)(=O)N(C)C)c1. The number of hydrogen-bond donors (Lipinski definition) is 1. The summed E-state index contributed by atoms with van der Waals surface area (Å²) in [4.78, 5) is 24.1. The van der Waals surface area contributed by atoms with Crippen LogP contribution in [0.1, 0.15) is 28.4 Å². The summed E-state index contributed by atoms with van der Waals surface area (Å²) < 4.78 is 27.9. The Bertz CT molecular complexity index is 1000. The van der Waals surface area contributed by atoms with Crippen molar-refractivity contribution in [3.63, 3.8) is 0 Å². The Morgan fingerprint density at radius 3 is 2.32 bits per heavy atom. The highest BCUT2D eigenvalue weighted by atomic mass is 32.2. The maximum Gasteiger partial charge on any atom is 0.304 e. The van der Waals surface area contributed by atoms with E-state index in [2.05, 4.69) is 5.32 Å². The Kier molecular flexibility index (Phi) is 6.58. The van der Waals surface area contributed by atoms with Crippen LogP contribution >= 0.6 is 0 Å². The van der Waals surface area contributed by atoms with E-state index >= 15 is 0 Å². The van der Waals surface area contributed by atoms with Gasteiger partial charge in [-0.05, 0) is 50.1 Å². The van der Waals surface area contributed by atoms with E-state index in [9.17, 15) is 18.0 Å². The molecule has 0 saturated heterocycles. The van der Waals surface area contributed by atoms with Crippen LogP contribution in [0.25, 0.3) is 0 Å². The Balaban J connectivity index is 2.35. The van der Waals surface area contributed by atoms with Crippen molar-refractivity contribution >= 4 is 33.3 Å². The first kappa shape index (κ1) is 21.6. The monoisotopic (exact) mass is 403 g/mol. The number of carbonyl (C=O) groups excluding carboxylic acids is 2. The Morgan fingerprint density at radius 1 is 1.04 bits per heavy atom. The molecule has 0 bridgehead atoms. The van der Waals surface area contributed by atoms with Crippen LogP contribution in [0.4, 0.5) is 11.4 Å². The highest BCUT2D eigenvalue weighted by Crippen LogP contribution is 2.25. The minimum Gasteiger partial charge on any atom is -0.324 e. The number of nitrogens with one attached hydrogen (secondary N) is 1. The van der Waals surface area contributed by atoms with Crippen LogP contribution < -0.4 is 9.62 Å². The molecule has 8 heteroatoms. The summed E-state index contributed by atoms with van der Waals surface area (Å²) in [5.41, 5.74) is 2.96. The van der Waals surface area contributed by atoms with Crippen molar-refractivity contribution in [2.75, 3.05) is 30.3 Å². The lowest BCUT2D eigenvalue weighted by Gasteiger charge is -2.28. The molecule has 1 N–H and O–H groups in total. The number of anilines is 2. The second-order valence-corrected chi connectivity index (χ2v) is 8.84. The third-order valence-corrected chi connectivity index (χ3v) is 6.02. The third kappa shape index (κ3) is 4.96. The molecule has 0 saturated carbocycles. The molecule has 0 aliphatic carbocycles. The second-order valence-electron chi connectivity index (χ2n) is 6.77. The largest absolute Gasteiger partial charge is 0.324 e. The zero-order valence-corrected chi connectivity index (χ0v) is 17.5. The zero-order chi connectivity index (χ0) is 21.1. The standard InChI is InChI=1S/C20H25N3O4S/c1-14-9-10-15(2)19(11-14)23(28(26,27)22(4)5)13-20(25)21-18-8-6-7-17(12-18)16(3)24/h6-12H,13H2,1-5H3,(H,21,25). The number of Topliss-reactive ketones (excluding diaryl/α,β-unsaturated/α-hetero) is 1. The van der Waals surface area contributed by atoms with Gasteiger partial charge in [0.25, 0.3) is 0 Å². The first-order chi connectivity index (χ1) is 13.0. The van der Waals surface area contributed by atoms with Crippen LogP contribution in [0.5, 0.6) is 0 Å². The first-order valence-electron chi connectivity index (χ1n) is 8.70. The van der Waals surface area contributed by atoms with Gasteiger partial charge in [-0.1, -0.05) is 24.3 Å². The summed E-state index contributed by atoms with van der Waals surface area (Å²) >= 11 is 0. The van der Waals surface area contributed by atoms with E-state index in [1.807, 2.05) is 19.1 Å². The van der Waals surface area contributed by atoms with Crippen LogP contribution in [-0.2, 0) is 15.0 Å². The molecular weight excluding hydrogens is 378 g/mol. The molecule has 1 amide bonds. The molecule has 0 heterocycles. The molecule has 150 valence electrons. The van der Waals surface area contributed by atoms with Gasteiger partial charge >= 0.3 is 10.2 Å². The summed E-state index contributed by atoms with van der Waals surface area (Å²) in [6.45, 7) is 4.69. The molecule has 0 aliphatic heterocycles. The molecule has 0 aliphatic rings. The van der Waals surface area contributed by atoms with Crippen molar-refractivity contribution < 1.29 is 18.0 Å². The van der Waals surface area contributed by atoms with E-state index in [1.165, 1.54) is 21.0 Å². The lowest BCUT2D eigenvalue weighted by molar-refractivity contribution is -0.114. The molecule has 0 spiro atoms. The van der Waals surface area contributed by atoms with Gasteiger partial charge in [-0.25, -0.2) is 4.31 Å². The highest BCUT2D eigenvalue weighted by Gasteiger charge is 2.28. The fraction of sp³-hybridized carbons (Fsp3) is 0.300. The van der Waals surface area contributed by atoms with Gasteiger partial charge in [0, 0.05) is 25.3 Å². The van der Waals surface area contributed by atoms with E-state index in [0.717, 1.165) is 19.7 Å². The lowest BCUT2D eigenvalue weighted by atomic mass is 10.1. The van der Waals surface area contributed by atoms with Crippen molar-refractivity contribution in [2.24, 2.45) is 0 Å². The van der Waals surface area contributed by atoms with Crippen LogP contribution in [0.3, 0.4) is 0 Å². The van der Waals surface area contributed by atoms with E-state index < -0.39 is 22.7 Å². The Hall–Kier alpha value is -2.71. The fourth-order valence-corrected chi connectivity index (χ4v) is 3.74. The number of hydrogen-bond acceptors (Lipinski definition) is 4.